The number of nitrogens with zero attached hydrogens (tertiary/aromatic N) is 2. The third-order valence-electron chi connectivity index (χ3n) is 5.32. The largest absolute Gasteiger partial charge is 0.328 e. The van der Waals surface area contributed by atoms with E-state index >= 15 is 0 Å². The molecule has 0 aliphatic rings. The van der Waals surface area contributed by atoms with Gasteiger partial charge in [0.05, 0.1) is 16.1 Å². The lowest BCUT2D eigenvalue weighted by Crippen LogP contribution is -2.19. The average Bonchev–Trinajstić information content (AvgIpc) is 2.99. The number of hydrogen-bond donors (Lipinski definition) is 2. The molecule has 4 rings (SSSR count). The van der Waals surface area contributed by atoms with Gasteiger partial charge in [0, 0.05) is 31.0 Å². The zero-order valence-electron chi connectivity index (χ0n) is 18.1. The van der Waals surface area contributed by atoms with Gasteiger partial charge < -0.3 is 5.32 Å². The third kappa shape index (κ3) is 4.37. The predicted octanol–water partition coefficient (Wildman–Crippen LogP) is 3.89. The van der Waals surface area contributed by atoms with Gasteiger partial charge in [0.15, 0.2) is 0 Å². The van der Waals surface area contributed by atoms with Crippen molar-refractivity contribution in [3.63, 3.8) is 0 Å². The van der Waals surface area contributed by atoms with E-state index < -0.39 is 15.9 Å². The molecule has 0 aliphatic heterocycles. The third-order valence-corrected chi connectivity index (χ3v) is 7.18. The molecular weight excluding hydrogens is 464 g/mol. The van der Waals surface area contributed by atoms with E-state index in [-0.39, 0.29) is 21.2 Å². The molecule has 8 nitrogen and oxygen atoms in total. The lowest BCUT2D eigenvalue weighted by atomic mass is 10.2. The van der Waals surface area contributed by atoms with E-state index in [0.29, 0.717) is 16.9 Å². The van der Waals surface area contributed by atoms with Crippen LogP contribution in [0.15, 0.2) is 70.4 Å². The zero-order chi connectivity index (χ0) is 23.9. The number of anilines is 2. The lowest BCUT2D eigenvalue weighted by molar-refractivity contribution is 0.102. The van der Waals surface area contributed by atoms with E-state index in [4.69, 9.17) is 11.6 Å². The van der Waals surface area contributed by atoms with Crippen LogP contribution in [-0.4, -0.2) is 23.5 Å². The Morgan fingerprint density at radius 1 is 0.879 bits per heavy atom. The standard InChI is InChI=1S/C23H21ClN4O4S/c1-14-4-7-16(8-5-14)26-33(31,32)21-12-15(6-10-18(21)24)22(29)25-17-9-11-19-20(13-17)28(3)23(30)27(19)2/h4-13,26H,1-3H3,(H,25,29). The monoisotopic (exact) mass is 484 g/mol. The van der Waals surface area contributed by atoms with Crippen molar-refractivity contribution >= 4 is 49.9 Å². The molecule has 0 saturated carbocycles. The number of sulfonamides is 1. The summed E-state index contributed by atoms with van der Waals surface area (Å²) >= 11 is 6.15. The Morgan fingerprint density at radius 2 is 1.52 bits per heavy atom. The number of aromatic nitrogens is 2. The quantitative estimate of drug-likeness (QED) is 0.448. The van der Waals surface area contributed by atoms with E-state index in [0.717, 1.165) is 11.1 Å². The second-order valence-electron chi connectivity index (χ2n) is 7.67. The summed E-state index contributed by atoms with van der Waals surface area (Å²) < 4.78 is 31.3. The molecule has 1 aromatic heterocycles. The molecule has 0 radical (unpaired) electrons. The van der Waals surface area contributed by atoms with E-state index in [2.05, 4.69) is 10.0 Å². The zero-order valence-corrected chi connectivity index (χ0v) is 19.7. The predicted molar refractivity (Wildman–Crippen MR) is 130 cm³/mol. The molecule has 0 bridgehead atoms. The van der Waals surface area contributed by atoms with Gasteiger partial charge in [-0.05, 0) is 55.5 Å². The van der Waals surface area contributed by atoms with Crippen LogP contribution in [0.3, 0.4) is 0 Å². The SMILES string of the molecule is Cc1ccc(NS(=O)(=O)c2cc(C(=O)Nc3ccc4c(c3)n(C)c(=O)n4C)ccc2Cl)cc1. The van der Waals surface area contributed by atoms with Crippen LogP contribution in [0, 0.1) is 6.92 Å². The number of aryl methyl sites for hydroxylation is 3. The van der Waals surface area contributed by atoms with Crippen molar-refractivity contribution in [2.24, 2.45) is 14.1 Å². The summed E-state index contributed by atoms with van der Waals surface area (Å²) in [6.45, 7) is 1.90. The highest BCUT2D eigenvalue weighted by atomic mass is 35.5. The van der Waals surface area contributed by atoms with Gasteiger partial charge in [0.1, 0.15) is 4.90 Å². The van der Waals surface area contributed by atoms with E-state index in [1.165, 1.54) is 27.3 Å². The van der Waals surface area contributed by atoms with Gasteiger partial charge in [-0.25, -0.2) is 13.2 Å². The number of amides is 1. The summed E-state index contributed by atoms with van der Waals surface area (Å²) in [4.78, 5) is 24.8. The Morgan fingerprint density at radius 3 is 2.21 bits per heavy atom. The van der Waals surface area contributed by atoms with Crippen molar-refractivity contribution < 1.29 is 13.2 Å². The molecule has 170 valence electrons. The normalized spacial score (nSPS) is 11.5. The number of imidazole rings is 1. The number of nitrogens with one attached hydrogen (secondary N) is 2. The first kappa shape index (κ1) is 22.6. The Hall–Kier alpha value is -3.56. The Balaban J connectivity index is 1.62. The minimum Gasteiger partial charge on any atom is -0.322 e. The van der Waals surface area contributed by atoms with Crippen molar-refractivity contribution in [2.45, 2.75) is 11.8 Å². The van der Waals surface area contributed by atoms with Crippen LogP contribution in [0.25, 0.3) is 11.0 Å². The van der Waals surface area contributed by atoms with Crippen molar-refractivity contribution in [3.05, 3.63) is 87.3 Å². The topological polar surface area (TPSA) is 102 Å². The second kappa shape index (κ2) is 8.42. The minimum atomic E-state index is -4.02. The number of hydrogen-bond acceptors (Lipinski definition) is 4. The number of benzene rings is 3. The number of halogens is 1. The van der Waals surface area contributed by atoms with Crippen molar-refractivity contribution in [1.29, 1.82) is 0 Å². The van der Waals surface area contributed by atoms with Crippen LogP contribution in [-0.2, 0) is 24.1 Å². The van der Waals surface area contributed by atoms with Gasteiger partial charge in [-0.15, -0.1) is 0 Å². The summed E-state index contributed by atoms with van der Waals surface area (Å²) in [5.74, 6) is -0.515. The van der Waals surface area contributed by atoms with Gasteiger partial charge in [-0.1, -0.05) is 29.3 Å². The highest BCUT2D eigenvalue weighted by Gasteiger charge is 2.21. The van der Waals surface area contributed by atoms with E-state index in [9.17, 15) is 18.0 Å². The second-order valence-corrected chi connectivity index (χ2v) is 9.73. The number of fused-ring (bicyclic) bond motifs is 1. The Kier molecular flexibility index (Phi) is 5.77. The fraction of sp³-hybridized carbons (Fsp3) is 0.130. The maximum atomic E-state index is 12.9. The average molecular weight is 485 g/mol. The molecule has 0 saturated heterocycles. The summed E-state index contributed by atoms with van der Waals surface area (Å²) in [6.07, 6.45) is 0. The highest BCUT2D eigenvalue weighted by molar-refractivity contribution is 7.92. The molecule has 1 heterocycles. The van der Waals surface area contributed by atoms with Crippen LogP contribution < -0.4 is 15.7 Å². The van der Waals surface area contributed by atoms with Crippen molar-refractivity contribution in [3.8, 4) is 0 Å². The first-order valence-electron chi connectivity index (χ1n) is 9.93. The molecule has 33 heavy (non-hydrogen) atoms. The van der Waals surface area contributed by atoms with Crippen LogP contribution in [0.2, 0.25) is 5.02 Å². The smallest absolute Gasteiger partial charge is 0.322 e. The first-order chi connectivity index (χ1) is 15.6. The van der Waals surface area contributed by atoms with E-state index in [1.807, 2.05) is 6.92 Å². The molecule has 0 unspecified atom stereocenters. The van der Waals surface area contributed by atoms with Crippen LogP contribution >= 0.6 is 11.6 Å². The molecular formula is C23H21ClN4O4S. The van der Waals surface area contributed by atoms with Gasteiger partial charge in [0.2, 0.25) is 0 Å². The molecule has 4 aromatic rings. The maximum Gasteiger partial charge on any atom is 0.328 e. The molecule has 0 atom stereocenters. The highest BCUT2D eigenvalue weighted by Crippen LogP contribution is 2.26. The van der Waals surface area contributed by atoms with Crippen LogP contribution in [0.4, 0.5) is 11.4 Å². The molecule has 10 heteroatoms. The molecule has 1 amide bonds. The summed E-state index contributed by atoms with van der Waals surface area (Å²) in [7, 11) is -0.709. The van der Waals surface area contributed by atoms with Gasteiger partial charge in [0.25, 0.3) is 15.9 Å². The summed E-state index contributed by atoms with van der Waals surface area (Å²) in [5.41, 5.74) is 3.15. The fourth-order valence-corrected chi connectivity index (χ4v) is 5.06. The van der Waals surface area contributed by atoms with Crippen LogP contribution in [0.5, 0.6) is 0 Å². The molecule has 0 aliphatic carbocycles. The Labute approximate surface area is 195 Å². The lowest BCUT2D eigenvalue weighted by Gasteiger charge is -2.12. The van der Waals surface area contributed by atoms with Crippen molar-refractivity contribution in [1.82, 2.24) is 9.13 Å². The molecule has 0 spiro atoms. The molecule has 3 aromatic carbocycles. The number of rotatable bonds is 5. The van der Waals surface area contributed by atoms with E-state index in [1.54, 1.807) is 56.6 Å². The number of carbonyl (C=O) groups excluding carboxylic acids is 1. The summed E-state index contributed by atoms with van der Waals surface area (Å²) in [5, 5.41) is 2.73. The fourth-order valence-electron chi connectivity index (χ4n) is 3.47. The van der Waals surface area contributed by atoms with Gasteiger partial charge in [-0.3, -0.25) is 18.7 Å². The summed E-state index contributed by atoms with van der Waals surface area (Å²) in [6, 6.07) is 16.0. The number of carbonyl (C=O) groups is 1. The first-order valence-corrected chi connectivity index (χ1v) is 11.8. The van der Waals surface area contributed by atoms with Crippen molar-refractivity contribution in [2.75, 3.05) is 10.0 Å². The minimum absolute atomic E-state index is 0.00753. The molecule has 0 fully saturated rings. The van der Waals surface area contributed by atoms with Gasteiger partial charge in [-0.2, -0.15) is 0 Å². The molecule has 2 N–H and O–H groups in total. The van der Waals surface area contributed by atoms with Crippen LogP contribution in [0.1, 0.15) is 15.9 Å². The Bertz CT molecular complexity index is 1550. The maximum absolute atomic E-state index is 12.9. The van der Waals surface area contributed by atoms with Gasteiger partial charge >= 0.3 is 5.69 Å².